The van der Waals surface area contributed by atoms with Gasteiger partial charge in [0, 0.05) is 32.1 Å². The van der Waals surface area contributed by atoms with E-state index in [9.17, 15) is 9.59 Å². The summed E-state index contributed by atoms with van der Waals surface area (Å²) in [7, 11) is 0. The normalized spacial score (nSPS) is 17.6. The highest BCUT2D eigenvalue weighted by Crippen LogP contribution is 2.27. The van der Waals surface area contributed by atoms with Gasteiger partial charge in [-0.15, -0.1) is 0 Å². The van der Waals surface area contributed by atoms with Crippen LogP contribution in [0.1, 0.15) is 25.7 Å². The second-order valence-corrected chi connectivity index (χ2v) is 6.04. The number of anilines is 1. The van der Waals surface area contributed by atoms with Crippen molar-refractivity contribution in [3.63, 3.8) is 0 Å². The lowest BCUT2D eigenvalue weighted by Gasteiger charge is -2.35. The number of amides is 2. The Hall–Kier alpha value is -1.95. The molecule has 7 heteroatoms. The molecule has 1 fully saturated rings. The van der Waals surface area contributed by atoms with Crippen molar-refractivity contribution in [1.82, 2.24) is 10.6 Å². The average molecular weight is 340 g/mol. The number of nitrogens with one attached hydrogen (secondary N) is 2. The van der Waals surface area contributed by atoms with Gasteiger partial charge in [0.2, 0.25) is 0 Å². The summed E-state index contributed by atoms with van der Waals surface area (Å²) in [5.74, 6) is -0.852. The minimum absolute atomic E-state index is 0.0551. The van der Waals surface area contributed by atoms with Gasteiger partial charge in [0.1, 0.15) is 0 Å². The van der Waals surface area contributed by atoms with Crippen molar-refractivity contribution < 1.29 is 14.7 Å². The lowest BCUT2D eigenvalue weighted by atomic mass is 10.1. The number of carboxylic acid groups (broad SMARTS) is 1. The number of carbonyl (C=O) groups excluding carboxylic acids is 1. The van der Waals surface area contributed by atoms with E-state index in [1.807, 2.05) is 24.3 Å². The molecular weight excluding hydrogens is 318 g/mol. The summed E-state index contributed by atoms with van der Waals surface area (Å²) in [5.41, 5.74) is 0.988. The van der Waals surface area contributed by atoms with Gasteiger partial charge in [-0.3, -0.25) is 4.79 Å². The third-order valence-corrected chi connectivity index (χ3v) is 4.12. The predicted molar refractivity (Wildman–Crippen MR) is 90.1 cm³/mol. The molecule has 0 bridgehead atoms. The molecule has 1 atom stereocenters. The van der Waals surface area contributed by atoms with Crippen molar-refractivity contribution in [2.45, 2.75) is 31.7 Å². The number of rotatable bonds is 6. The molecule has 1 aliphatic rings. The fourth-order valence-electron chi connectivity index (χ4n) is 2.70. The molecule has 0 aromatic heterocycles. The van der Waals surface area contributed by atoms with Crippen LogP contribution in [0.3, 0.4) is 0 Å². The third kappa shape index (κ3) is 5.63. The summed E-state index contributed by atoms with van der Waals surface area (Å²) < 4.78 is 0. The number of hydrogen-bond acceptors (Lipinski definition) is 3. The van der Waals surface area contributed by atoms with Crippen molar-refractivity contribution >= 4 is 29.3 Å². The van der Waals surface area contributed by atoms with Gasteiger partial charge < -0.3 is 20.6 Å². The van der Waals surface area contributed by atoms with Crippen LogP contribution in [0.2, 0.25) is 5.02 Å². The molecular formula is C16H22ClN3O3. The van der Waals surface area contributed by atoms with E-state index in [0.717, 1.165) is 25.1 Å². The maximum absolute atomic E-state index is 11.9. The van der Waals surface area contributed by atoms with Crippen molar-refractivity contribution in [1.29, 1.82) is 0 Å². The van der Waals surface area contributed by atoms with E-state index in [-0.39, 0.29) is 18.5 Å². The quantitative estimate of drug-likeness (QED) is 0.695. The number of hydrogen-bond donors (Lipinski definition) is 3. The molecule has 2 amide bonds. The van der Waals surface area contributed by atoms with Gasteiger partial charge in [0.25, 0.3) is 0 Å². The van der Waals surface area contributed by atoms with Crippen LogP contribution in [0, 0.1) is 0 Å². The highest BCUT2D eigenvalue weighted by Gasteiger charge is 2.22. The van der Waals surface area contributed by atoms with Gasteiger partial charge in [0.05, 0.1) is 10.7 Å². The number of benzene rings is 1. The van der Waals surface area contributed by atoms with Crippen LogP contribution in [0.5, 0.6) is 0 Å². The summed E-state index contributed by atoms with van der Waals surface area (Å²) in [6.07, 6.45) is 2.39. The largest absolute Gasteiger partial charge is 0.481 e. The van der Waals surface area contributed by atoms with E-state index in [1.54, 1.807) is 0 Å². The van der Waals surface area contributed by atoms with Crippen molar-refractivity contribution in [2.75, 3.05) is 24.5 Å². The number of para-hydroxylation sites is 1. The van der Waals surface area contributed by atoms with Crippen LogP contribution < -0.4 is 15.5 Å². The van der Waals surface area contributed by atoms with Crippen molar-refractivity contribution in [3.05, 3.63) is 29.3 Å². The van der Waals surface area contributed by atoms with Gasteiger partial charge in [-0.1, -0.05) is 23.7 Å². The lowest BCUT2D eigenvalue weighted by Crippen LogP contribution is -2.50. The Labute approximate surface area is 140 Å². The van der Waals surface area contributed by atoms with Gasteiger partial charge in [-0.05, 0) is 31.4 Å². The van der Waals surface area contributed by atoms with E-state index in [4.69, 9.17) is 16.7 Å². The zero-order valence-corrected chi connectivity index (χ0v) is 13.7. The topological polar surface area (TPSA) is 81.7 Å². The molecule has 1 aromatic carbocycles. The Balaban J connectivity index is 1.79. The van der Waals surface area contributed by atoms with E-state index in [1.165, 1.54) is 0 Å². The van der Waals surface area contributed by atoms with Gasteiger partial charge in [-0.25, -0.2) is 4.79 Å². The average Bonchev–Trinajstić information content (AvgIpc) is 2.52. The fraction of sp³-hybridized carbons (Fsp3) is 0.500. The standard InChI is InChI=1S/C16H22ClN3O3/c17-13-6-1-2-7-14(13)20-10-4-5-12(11-20)19-16(23)18-9-3-8-15(21)22/h1-2,6-7,12H,3-5,8-11H2,(H,21,22)(H2,18,19,23). The summed E-state index contributed by atoms with van der Waals surface area (Å²) in [4.78, 5) is 24.4. The summed E-state index contributed by atoms with van der Waals surface area (Å²) >= 11 is 6.23. The summed E-state index contributed by atoms with van der Waals surface area (Å²) in [5, 5.41) is 14.9. The number of nitrogens with zero attached hydrogens (tertiary/aromatic N) is 1. The minimum Gasteiger partial charge on any atom is -0.481 e. The number of carbonyl (C=O) groups is 2. The van der Waals surface area contributed by atoms with Crippen LogP contribution in [0.25, 0.3) is 0 Å². The van der Waals surface area contributed by atoms with E-state index in [2.05, 4.69) is 15.5 Å². The zero-order valence-electron chi connectivity index (χ0n) is 12.9. The molecule has 1 aromatic rings. The first-order valence-electron chi connectivity index (χ1n) is 7.82. The smallest absolute Gasteiger partial charge is 0.315 e. The first-order valence-corrected chi connectivity index (χ1v) is 8.19. The first kappa shape index (κ1) is 17.4. The molecule has 126 valence electrons. The third-order valence-electron chi connectivity index (χ3n) is 3.80. The molecule has 2 rings (SSSR count). The lowest BCUT2D eigenvalue weighted by molar-refractivity contribution is -0.137. The Morgan fingerprint density at radius 1 is 1.35 bits per heavy atom. The molecule has 6 nitrogen and oxygen atoms in total. The van der Waals surface area contributed by atoms with Gasteiger partial charge >= 0.3 is 12.0 Å². The van der Waals surface area contributed by atoms with E-state index in [0.29, 0.717) is 24.5 Å². The maximum Gasteiger partial charge on any atom is 0.315 e. The molecule has 1 saturated heterocycles. The highest BCUT2D eigenvalue weighted by molar-refractivity contribution is 6.33. The molecule has 1 aliphatic heterocycles. The predicted octanol–water partition coefficient (Wildman–Crippen LogP) is 2.47. The van der Waals surface area contributed by atoms with E-state index < -0.39 is 5.97 Å². The summed E-state index contributed by atoms with van der Waals surface area (Å²) in [6, 6.07) is 7.50. The Kier molecular flexibility index (Phi) is 6.52. The van der Waals surface area contributed by atoms with Gasteiger partial charge in [-0.2, -0.15) is 0 Å². The van der Waals surface area contributed by atoms with Gasteiger partial charge in [0.15, 0.2) is 0 Å². The molecule has 1 heterocycles. The molecule has 0 radical (unpaired) electrons. The van der Waals surface area contributed by atoms with Crippen LogP contribution >= 0.6 is 11.6 Å². The molecule has 0 saturated carbocycles. The van der Waals surface area contributed by atoms with Crippen LogP contribution in [0.4, 0.5) is 10.5 Å². The number of halogens is 1. The minimum atomic E-state index is -0.852. The molecule has 0 spiro atoms. The molecule has 1 unspecified atom stereocenters. The van der Waals surface area contributed by atoms with Crippen molar-refractivity contribution in [3.8, 4) is 0 Å². The molecule has 0 aliphatic carbocycles. The molecule has 23 heavy (non-hydrogen) atoms. The summed E-state index contributed by atoms with van der Waals surface area (Å²) in [6.45, 7) is 1.99. The van der Waals surface area contributed by atoms with Crippen LogP contribution in [-0.2, 0) is 4.79 Å². The van der Waals surface area contributed by atoms with Crippen LogP contribution in [-0.4, -0.2) is 42.8 Å². The monoisotopic (exact) mass is 339 g/mol. The number of carboxylic acids is 1. The maximum atomic E-state index is 11.9. The second-order valence-electron chi connectivity index (χ2n) is 5.63. The number of aliphatic carboxylic acids is 1. The first-order chi connectivity index (χ1) is 11.1. The fourth-order valence-corrected chi connectivity index (χ4v) is 2.96. The Morgan fingerprint density at radius 2 is 2.13 bits per heavy atom. The SMILES string of the molecule is O=C(O)CCCNC(=O)NC1CCCN(c2ccccc2Cl)C1. The van der Waals surface area contributed by atoms with E-state index >= 15 is 0 Å². The number of piperidine rings is 1. The number of urea groups is 1. The Bertz CT molecular complexity index is 553. The highest BCUT2D eigenvalue weighted by atomic mass is 35.5. The second kappa shape index (κ2) is 8.62. The zero-order chi connectivity index (χ0) is 16.7. The Morgan fingerprint density at radius 3 is 2.87 bits per heavy atom. The van der Waals surface area contributed by atoms with Crippen LogP contribution in [0.15, 0.2) is 24.3 Å². The molecule has 3 N–H and O–H groups in total. The van der Waals surface area contributed by atoms with Crippen molar-refractivity contribution in [2.24, 2.45) is 0 Å².